The number of rotatable bonds is 19. The fraction of sp³-hybridized carbons (Fsp3) is 0.500. The predicted octanol–water partition coefficient (Wildman–Crippen LogP) is 2.62. The lowest BCUT2D eigenvalue weighted by Crippen LogP contribution is -2.56. The number of nitrogens with zero attached hydrogens (tertiary/aromatic N) is 4. The summed E-state index contributed by atoms with van der Waals surface area (Å²) in [5.41, 5.74) is 4.43. The number of amides is 8. The van der Waals surface area contributed by atoms with Crippen molar-refractivity contribution in [2.45, 2.75) is 76.5 Å². The van der Waals surface area contributed by atoms with Crippen molar-refractivity contribution in [3.63, 3.8) is 0 Å². The van der Waals surface area contributed by atoms with E-state index in [1.807, 2.05) is 12.1 Å². The third-order valence-corrected chi connectivity index (χ3v) is 10.7. The third-order valence-electron chi connectivity index (χ3n) is 10.7. The van der Waals surface area contributed by atoms with Crippen LogP contribution in [0.1, 0.15) is 81.5 Å². The summed E-state index contributed by atoms with van der Waals surface area (Å²) in [5, 5.41) is 18.6. The molecule has 2 N–H and O–H groups in total. The predicted molar refractivity (Wildman–Crippen MR) is 198 cm³/mol. The average molecular weight is 807 g/mol. The van der Waals surface area contributed by atoms with Crippen molar-refractivity contribution in [2.75, 3.05) is 52.9 Å². The zero-order valence-corrected chi connectivity index (χ0v) is 31.9. The van der Waals surface area contributed by atoms with Gasteiger partial charge in [0.15, 0.2) is 0 Å². The van der Waals surface area contributed by atoms with Crippen molar-refractivity contribution in [1.29, 1.82) is 0 Å². The van der Waals surface area contributed by atoms with Crippen molar-refractivity contribution in [3.05, 3.63) is 69.8 Å². The van der Waals surface area contributed by atoms with E-state index < -0.39 is 47.9 Å². The Hall–Kier alpha value is -5.56. The van der Waals surface area contributed by atoms with Gasteiger partial charge in [0.2, 0.25) is 11.8 Å². The van der Waals surface area contributed by atoms with Gasteiger partial charge in [-0.2, -0.15) is 9.80 Å². The normalized spacial score (nSPS) is 19.4. The van der Waals surface area contributed by atoms with Crippen LogP contribution in [0.4, 0.5) is 9.59 Å². The van der Waals surface area contributed by atoms with E-state index in [0.717, 1.165) is 22.3 Å². The van der Waals surface area contributed by atoms with E-state index in [4.69, 9.17) is 18.9 Å². The van der Waals surface area contributed by atoms with E-state index in [9.17, 15) is 48.6 Å². The van der Waals surface area contributed by atoms with E-state index in [2.05, 4.69) is 0 Å². The number of fused-ring (bicyclic) bond motifs is 2. The average Bonchev–Trinajstić information content (AvgIpc) is 3.71. The molecule has 6 rings (SSSR count). The second-order valence-electron chi connectivity index (χ2n) is 14.2. The molecule has 0 aromatic heterocycles. The standard InChI is InChI=1S/C40H46N4O14/c45-33-13-11-31(37(49)43(33)39(51)52)41-23-29-25(5-1-9-27(29)35(41)47)7-3-15-55-17-19-57-21-22-58-20-18-56-16-4-8-26-6-2-10-28-30(26)24-42(36(28)48)32-12-14-34(46)44(38(32)50)40(53)54/h1-2,5-6,9-10,31-32H,3-4,7-8,11-24H2,(H,51,52)(H,53,54). The molecule has 0 aliphatic carbocycles. The number of aryl methyl sites for hydroxylation is 2. The molecule has 4 aliphatic heterocycles. The second-order valence-corrected chi connectivity index (χ2v) is 14.2. The summed E-state index contributed by atoms with van der Waals surface area (Å²) < 4.78 is 22.6. The minimum Gasteiger partial charge on any atom is -0.464 e. The molecule has 18 nitrogen and oxygen atoms in total. The van der Waals surface area contributed by atoms with Crippen molar-refractivity contribution >= 4 is 47.6 Å². The number of likely N-dealkylation sites (tertiary alicyclic amines) is 2. The van der Waals surface area contributed by atoms with E-state index >= 15 is 0 Å². The Labute approximate surface area is 333 Å². The number of hydrogen-bond acceptors (Lipinski definition) is 12. The molecule has 4 heterocycles. The summed E-state index contributed by atoms with van der Waals surface area (Å²) in [6, 6.07) is 8.76. The van der Waals surface area contributed by atoms with Gasteiger partial charge in [0.25, 0.3) is 23.6 Å². The van der Waals surface area contributed by atoms with Crippen LogP contribution in [-0.2, 0) is 64.1 Å². The monoisotopic (exact) mass is 806 g/mol. The van der Waals surface area contributed by atoms with E-state index in [1.54, 1.807) is 24.3 Å². The van der Waals surface area contributed by atoms with Crippen LogP contribution < -0.4 is 0 Å². The highest BCUT2D eigenvalue weighted by Crippen LogP contribution is 2.33. The molecule has 0 bridgehead atoms. The van der Waals surface area contributed by atoms with E-state index in [-0.39, 0.29) is 60.4 Å². The molecule has 2 aromatic carbocycles. The minimum atomic E-state index is -1.64. The summed E-state index contributed by atoms with van der Waals surface area (Å²) in [6.07, 6.45) is -0.734. The first-order valence-corrected chi connectivity index (χ1v) is 19.3. The lowest BCUT2D eigenvalue weighted by atomic mass is 10.00. The van der Waals surface area contributed by atoms with Gasteiger partial charge >= 0.3 is 12.2 Å². The summed E-state index contributed by atoms with van der Waals surface area (Å²) in [6.45, 7) is 3.61. The first-order chi connectivity index (χ1) is 28.0. The summed E-state index contributed by atoms with van der Waals surface area (Å²) in [4.78, 5) is 102. The van der Waals surface area contributed by atoms with Crippen molar-refractivity contribution < 1.29 is 67.5 Å². The molecular weight excluding hydrogens is 760 g/mol. The Morgan fingerprint density at radius 2 is 0.914 bits per heavy atom. The third kappa shape index (κ3) is 9.25. The van der Waals surface area contributed by atoms with E-state index in [1.165, 1.54) is 9.80 Å². The zero-order chi connectivity index (χ0) is 41.3. The van der Waals surface area contributed by atoms with Crippen LogP contribution in [0.5, 0.6) is 0 Å². The molecule has 8 amide bonds. The van der Waals surface area contributed by atoms with Gasteiger partial charge in [-0.3, -0.25) is 28.8 Å². The fourth-order valence-electron chi connectivity index (χ4n) is 7.82. The number of ether oxygens (including phenoxy) is 4. The highest BCUT2D eigenvalue weighted by molar-refractivity contribution is 6.14. The maximum atomic E-state index is 13.2. The second kappa shape index (κ2) is 19.3. The van der Waals surface area contributed by atoms with Gasteiger partial charge in [-0.25, -0.2) is 9.59 Å². The largest absolute Gasteiger partial charge is 0.464 e. The van der Waals surface area contributed by atoms with Gasteiger partial charge in [0.1, 0.15) is 12.1 Å². The topological polar surface area (TPSA) is 227 Å². The van der Waals surface area contributed by atoms with Crippen molar-refractivity contribution in [3.8, 4) is 0 Å². The van der Waals surface area contributed by atoms with Gasteiger partial charge < -0.3 is 39.0 Å². The van der Waals surface area contributed by atoms with Gasteiger partial charge in [-0.15, -0.1) is 0 Å². The Bertz CT molecular complexity index is 1810. The molecule has 2 fully saturated rings. The van der Waals surface area contributed by atoms with Crippen molar-refractivity contribution in [1.82, 2.24) is 19.6 Å². The molecule has 0 saturated carbocycles. The maximum absolute atomic E-state index is 13.2. The zero-order valence-electron chi connectivity index (χ0n) is 31.9. The lowest BCUT2D eigenvalue weighted by Gasteiger charge is -2.33. The fourth-order valence-corrected chi connectivity index (χ4v) is 7.82. The maximum Gasteiger partial charge on any atom is 0.421 e. The molecule has 2 aromatic rings. The van der Waals surface area contributed by atoms with Crippen LogP contribution in [0, 0.1) is 0 Å². The van der Waals surface area contributed by atoms with Crippen LogP contribution in [-0.4, -0.2) is 142 Å². The molecule has 0 radical (unpaired) electrons. The molecule has 4 aliphatic rings. The first-order valence-electron chi connectivity index (χ1n) is 19.3. The van der Waals surface area contributed by atoms with Crippen molar-refractivity contribution in [2.24, 2.45) is 0 Å². The van der Waals surface area contributed by atoms with E-state index in [0.29, 0.717) is 89.7 Å². The molecule has 2 unspecified atom stereocenters. The summed E-state index contributed by atoms with van der Waals surface area (Å²) >= 11 is 0. The van der Waals surface area contributed by atoms with Crippen LogP contribution in [0.2, 0.25) is 0 Å². The number of hydrogen-bond donors (Lipinski definition) is 2. The number of carbonyl (C=O) groups is 8. The van der Waals surface area contributed by atoms with Crippen LogP contribution in [0.25, 0.3) is 0 Å². The lowest BCUT2D eigenvalue weighted by molar-refractivity contribution is -0.150. The quantitative estimate of drug-likeness (QED) is 0.154. The van der Waals surface area contributed by atoms with Crippen LogP contribution >= 0.6 is 0 Å². The first kappa shape index (κ1) is 42.1. The SMILES string of the molecule is O=C(O)N1C(=O)CCC(N2Cc3c(CCCOCCOCCOCCOCCCc4cccc5c4CN(C4CCC(=O)N(C(=O)O)C4=O)C5=O)cccc3C2=O)C1=O. The van der Waals surface area contributed by atoms with Gasteiger partial charge in [-0.05, 0) is 72.9 Å². The number of imide groups is 6. The molecule has 0 spiro atoms. The molecule has 2 atom stereocenters. The van der Waals surface area contributed by atoms with Gasteiger partial charge in [-0.1, -0.05) is 24.3 Å². The van der Waals surface area contributed by atoms with Crippen LogP contribution in [0.15, 0.2) is 36.4 Å². The van der Waals surface area contributed by atoms with Gasteiger partial charge in [0, 0.05) is 50.3 Å². The van der Waals surface area contributed by atoms with Crippen LogP contribution in [0.3, 0.4) is 0 Å². The number of carbonyl (C=O) groups excluding carboxylic acids is 6. The Balaban J connectivity index is 0.792. The molecule has 18 heteroatoms. The smallest absolute Gasteiger partial charge is 0.421 e. The Morgan fingerprint density at radius 3 is 1.28 bits per heavy atom. The Kier molecular flexibility index (Phi) is 14.0. The molecular formula is C40H46N4O14. The number of benzene rings is 2. The van der Waals surface area contributed by atoms with Gasteiger partial charge in [0.05, 0.1) is 39.6 Å². The number of piperidine rings is 2. The highest BCUT2D eigenvalue weighted by atomic mass is 16.6. The molecule has 58 heavy (non-hydrogen) atoms. The Morgan fingerprint density at radius 1 is 0.552 bits per heavy atom. The minimum absolute atomic E-state index is 0.0826. The summed E-state index contributed by atoms with van der Waals surface area (Å²) in [5.74, 6) is -4.07. The molecule has 310 valence electrons. The summed E-state index contributed by atoms with van der Waals surface area (Å²) in [7, 11) is 0. The number of carboxylic acid groups (broad SMARTS) is 2. The molecule has 2 saturated heterocycles. The highest BCUT2D eigenvalue weighted by Gasteiger charge is 2.47.